The third-order valence-electron chi connectivity index (χ3n) is 3.37. The average Bonchev–Trinajstić information content (AvgIpc) is 2.45. The predicted octanol–water partition coefficient (Wildman–Crippen LogP) is 3.18. The first-order chi connectivity index (χ1) is 9.15. The summed E-state index contributed by atoms with van der Waals surface area (Å²) in [5, 5.41) is 2.98. The van der Waals surface area contributed by atoms with Gasteiger partial charge in [-0.2, -0.15) is 0 Å². The van der Waals surface area contributed by atoms with E-state index in [1.807, 2.05) is 12.1 Å². The number of carbonyl (C=O) groups excluding carboxylic acids is 1. The molecule has 0 bridgehead atoms. The zero-order valence-corrected chi connectivity index (χ0v) is 12.2. The number of amides is 1. The Kier molecular flexibility index (Phi) is 7.01. The fraction of sp³-hybridized carbons (Fsp3) is 0.562. The highest BCUT2D eigenvalue weighted by Gasteiger charge is 2.04. The number of methoxy groups -OCH3 is 1. The molecule has 0 saturated heterocycles. The van der Waals surface area contributed by atoms with Crippen molar-refractivity contribution in [2.75, 3.05) is 13.7 Å². The molecule has 0 aromatic heterocycles. The number of carbonyl (C=O) groups is 1. The van der Waals surface area contributed by atoms with Crippen molar-refractivity contribution in [2.45, 2.75) is 39.5 Å². The third kappa shape index (κ3) is 6.27. The van der Waals surface area contributed by atoms with E-state index in [4.69, 9.17) is 4.74 Å². The summed E-state index contributed by atoms with van der Waals surface area (Å²) in [7, 11) is 1.66. The average molecular weight is 263 g/mol. The Bertz CT molecular complexity index is 373. The molecule has 1 atom stereocenters. The van der Waals surface area contributed by atoms with Gasteiger partial charge in [-0.05, 0) is 36.5 Å². The van der Waals surface area contributed by atoms with Gasteiger partial charge in [0, 0.05) is 13.0 Å². The lowest BCUT2D eigenvalue weighted by Gasteiger charge is -2.10. The van der Waals surface area contributed by atoms with E-state index in [0.29, 0.717) is 12.3 Å². The van der Waals surface area contributed by atoms with Crippen LogP contribution >= 0.6 is 0 Å². The molecule has 1 rings (SSSR count). The Balaban J connectivity index is 2.20. The van der Waals surface area contributed by atoms with Gasteiger partial charge >= 0.3 is 0 Å². The normalized spacial score (nSPS) is 11.9. The summed E-state index contributed by atoms with van der Waals surface area (Å²) in [6.45, 7) is 5.08. The SMILES string of the molecule is CC[C@@H](C)CNC(=O)CCCc1ccc(OC)cc1. The van der Waals surface area contributed by atoms with E-state index in [9.17, 15) is 4.79 Å². The van der Waals surface area contributed by atoms with Crippen molar-refractivity contribution < 1.29 is 9.53 Å². The summed E-state index contributed by atoms with van der Waals surface area (Å²) in [4.78, 5) is 11.6. The van der Waals surface area contributed by atoms with Crippen molar-refractivity contribution in [3.8, 4) is 5.75 Å². The van der Waals surface area contributed by atoms with Crippen molar-refractivity contribution in [3.05, 3.63) is 29.8 Å². The number of ether oxygens (including phenoxy) is 1. The van der Waals surface area contributed by atoms with E-state index in [2.05, 4.69) is 31.3 Å². The van der Waals surface area contributed by atoms with Crippen LogP contribution in [0.3, 0.4) is 0 Å². The first-order valence-electron chi connectivity index (χ1n) is 7.05. The van der Waals surface area contributed by atoms with Crippen molar-refractivity contribution in [2.24, 2.45) is 5.92 Å². The van der Waals surface area contributed by atoms with Gasteiger partial charge in [-0.1, -0.05) is 32.4 Å². The smallest absolute Gasteiger partial charge is 0.220 e. The lowest BCUT2D eigenvalue weighted by Crippen LogP contribution is -2.27. The maximum absolute atomic E-state index is 11.6. The number of rotatable bonds is 8. The standard InChI is InChI=1S/C16H25NO2/c1-4-13(2)12-17-16(18)7-5-6-14-8-10-15(19-3)11-9-14/h8-11,13H,4-7,12H2,1-3H3,(H,17,18)/t13-/m1/s1. The van der Waals surface area contributed by atoms with Gasteiger partial charge in [0.25, 0.3) is 0 Å². The molecule has 1 amide bonds. The largest absolute Gasteiger partial charge is 0.497 e. The van der Waals surface area contributed by atoms with Crippen LogP contribution in [0.4, 0.5) is 0 Å². The molecule has 0 aliphatic carbocycles. The van der Waals surface area contributed by atoms with Crippen molar-refractivity contribution in [1.82, 2.24) is 5.32 Å². The zero-order chi connectivity index (χ0) is 14.1. The predicted molar refractivity (Wildman–Crippen MR) is 78.4 cm³/mol. The minimum absolute atomic E-state index is 0.161. The van der Waals surface area contributed by atoms with Gasteiger partial charge in [0.1, 0.15) is 5.75 Å². The zero-order valence-electron chi connectivity index (χ0n) is 12.2. The van der Waals surface area contributed by atoms with Crippen LogP contribution in [-0.2, 0) is 11.2 Å². The highest BCUT2D eigenvalue weighted by molar-refractivity contribution is 5.75. The Hall–Kier alpha value is -1.51. The number of benzene rings is 1. The number of hydrogen-bond acceptors (Lipinski definition) is 2. The molecule has 0 aliphatic rings. The lowest BCUT2D eigenvalue weighted by molar-refractivity contribution is -0.121. The van der Waals surface area contributed by atoms with Crippen LogP contribution in [0.15, 0.2) is 24.3 Å². The Morgan fingerprint density at radius 3 is 2.58 bits per heavy atom. The molecule has 0 fully saturated rings. The van der Waals surface area contributed by atoms with Gasteiger partial charge in [0.15, 0.2) is 0 Å². The van der Waals surface area contributed by atoms with Crippen molar-refractivity contribution in [1.29, 1.82) is 0 Å². The molecule has 0 unspecified atom stereocenters. The van der Waals surface area contributed by atoms with Crippen LogP contribution in [0.2, 0.25) is 0 Å². The maximum Gasteiger partial charge on any atom is 0.220 e. The van der Waals surface area contributed by atoms with Crippen LogP contribution < -0.4 is 10.1 Å². The fourth-order valence-electron chi connectivity index (χ4n) is 1.77. The van der Waals surface area contributed by atoms with Crippen LogP contribution in [0, 0.1) is 5.92 Å². The van der Waals surface area contributed by atoms with Gasteiger partial charge < -0.3 is 10.1 Å². The topological polar surface area (TPSA) is 38.3 Å². The molecular weight excluding hydrogens is 238 g/mol. The quantitative estimate of drug-likeness (QED) is 0.782. The van der Waals surface area contributed by atoms with Gasteiger partial charge in [0.2, 0.25) is 5.91 Å². The van der Waals surface area contributed by atoms with E-state index >= 15 is 0 Å². The number of nitrogens with one attached hydrogen (secondary N) is 1. The van der Waals surface area contributed by atoms with Crippen molar-refractivity contribution in [3.63, 3.8) is 0 Å². The van der Waals surface area contributed by atoms with Crippen molar-refractivity contribution >= 4 is 5.91 Å². The molecule has 0 saturated carbocycles. The van der Waals surface area contributed by atoms with Gasteiger partial charge in [-0.25, -0.2) is 0 Å². The van der Waals surface area contributed by atoms with Gasteiger partial charge in [-0.15, -0.1) is 0 Å². The summed E-state index contributed by atoms with van der Waals surface area (Å²) in [5.41, 5.74) is 1.25. The Morgan fingerprint density at radius 1 is 1.32 bits per heavy atom. The molecule has 0 heterocycles. The van der Waals surface area contributed by atoms with Crippen LogP contribution in [0.25, 0.3) is 0 Å². The molecular formula is C16H25NO2. The lowest BCUT2D eigenvalue weighted by atomic mass is 10.1. The van der Waals surface area contributed by atoms with Crippen LogP contribution in [-0.4, -0.2) is 19.6 Å². The molecule has 19 heavy (non-hydrogen) atoms. The third-order valence-corrected chi connectivity index (χ3v) is 3.37. The molecule has 1 aromatic carbocycles. The molecule has 0 radical (unpaired) electrons. The second-order valence-corrected chi connectivity index (χ2v) is 5.02. The summed E-state index contributed by atoms with van der Waals surface area (Å²) in [6, 6.07) is 8.02. The minimum Gasteiger partial charge on any atom is -0.497 e. The molecule has 106 valence electrons. The Labute approximate surface area is 116 Å². The molecule has 3 heteroatoms. The van der Waals surface area contributed by atoms with Gasteiger partial charge in [-0.3, -0.25) is 4.79 Å². The molecule has 1 N–H and O–H groups in total. The highest BCUT2D eigenvalue weighted by atomic mass is 16.5. The number of aryl methyl sites for hydroxylation is 1. The second kappa shape index (κ2) is 8.57. The molecule has 0 spiro atoms. The van der Waals surface area contributed by atoms with Crippen LogP contribution in [0.1, 0.15) is 38.7 Å². The fourth-order valence-corrected chi connectivity index (χ4v) is 1.77. The molecule has 1 aromatic rings. The van der Waals surface area contributed by atoms with E-state index in [1.54, 1.807) is 7.11 Å². The number of hydrogen-bond donors (Lipinski definition) is 1. The first kappa shape index (κ1) is 15.5. The van der Waals surface area contributed by atoms with Crippen LogP contribution in [0.5, 0.6) is 5.75 Å². The van der Waals surface area contributed by atoms with E-state index < -0.39 is 0 Å². The van der Waals surface area contributed by atoms with E-state index in [1.165, 1.54) is 5.56 Å². The molecule has 3 nitrogen and oxygen atoms in total. The maximum atomic E-state index is 11.6. The Morgan fingerprint density at radius 2 is 2.00 bits per heavy atom. The minimum atomic E-state index is 0.161. The summed E-state index contributed by atoms with van der Waals surface area (Å²) >= 11 is 0. The summed E-state index contributed by atoms with van der Waals surface area (Å²) in [5.74, 6) is 1.59. The molecule has 0 aliphatic heterocycles. The van der Waals surface area contributed by atoms with Gasteiger partial charge in [0.05, 0.1) is 7.11 Å². The first-order valence-corrected chi connectivity index (χ1v) is 7.05. The second-order valence-electron chi connectivity index (χ2n) is 5.02. The highest BCUT2D eigenvalue weighted by Crippen LogP contribution is 2.13. The van der Waals surface area contributed by atoms with E-state index in [0.717, 1.165) is 31.6 Å². The van der Waals surface area contributed by atoms with E-state index in [-0.39, 0.29) is 5.91 Å². The summed E-state index contributed by atoms with van der Waals surface area (Å²) < 4.78 is 5.11. The summed E-state index contributed by atoms with van der Waals surface area (Å²) in [6.07, 6.45) is 3.52. The monoisotopic (exact) mass is 263 g/mol.